The van der Waals surface area contributed by atoms with E-state index in [2.05, 4.69) is 31.9 Å². The zero-order chi connectivity index (χ0) is 17.7. The summed E-state index contributed by atoms with van der Waals surface area (Å²) in [4.78, 5) is 22.2. The molecule has 0 saturated heterocycles. The molecular formula is C16H11Br2NO5. The van der Waals surface area contributed by atoms with Crippen molar-refractivity contribution in [2.45, 2.75) is 0 Å². The predicted molar refractivity (Wildman–Crippen MR) is 95.8 cm³/mol. The highest BCUT2D eigenvalue weighted by Gasteiger charge is 2.18. The summed E-state index contributed by atoms with van der Waals surface area (Å²) < 4.78 is 11.7. The molecule has 0 aromatic heterocycles. The molecule has 0 unspecified atom stereocenters. The number of carbonyl (C=O) groups excluding carboxylic acids is 1. The van der Waals surface area contributed by atoms with Gasteiger partial charge in [-0.1, -0.05) is 12.1 Å². The van der Waals surface area contributed by atoms with Crippen molar-refractivity contribution in [2.75, 3.05) is 7.11 Å². The van der Waals surface area contributed by atoms with E-state index in [0.717, 1.165) is 6.20 Å². The van der Waals surface area contributed by atoms with Crippen molar-refractivity contribution in [2.24, 2.45) is 0 Å². The van der Waals surface area contributed by atoms with Gasteiger partial charge in [-0.2, -0.15) is 0 Å². The van der Waals surface area contributed by atoms with Gasteiger partial charge in [-0.05, 0) is 61.7 Å². The lowest BCUT2D eigenvalue weighted by Crippen LogP contribution is -2.10. The minimum absolute atomic E-state index is 0.191. The molecule has 0 N–H and O–H groups in total. The lowest BCUT2D eigenvalue weighted by Gasteiger charge is -2.12. The first-order chi connectivity index (χ1) is 11.4. The molecule has 6 nitrogen and oxygen atoms in total. The molecule has 24 heavy (non-hydrogen) atoms. The summed E-state index contributed by atoms with van der Waals surface area (Å²) in [6.45, 7) is 0. The Morgan fingerprint density at radius 1 is 1.21 bits per heavy atom. The molecular weight excluding hydrogens is 446 g/mol. The monoisotopic (exact) mass is 455 g/mol. The Labute approximate surface area is 154 Å². The van der Waals surface area contributed by atoms with E-state index in [0.29, 0.717) is 20.1 Å². The third-order valence-corrected chi connectivity index (χ3v) is 4.21. The molecule has 0 bridgehead atoms. The minimum atomic E-state index is -0.568. The quantitative estimate of drug-likeness (QED) is 0.282. The lowest BCUT2D eigenvalue weighted by atomic mass is 10.2. The fourth-order valence-corrected chi connectivity index (χ4v) is 2.84. The van der Waals surface area contributed by atoms with Crippen LogP contribution in [0.3, 0.4) is 0 Å². The molecule has 2 aromatic rings. The van der Waals surface area contributed by atoms with Gasteiger partial charge in [0.25, 0.3) is 0 Å². The van der Waals surface area contributed by atoms with E-state index in [4.69, 9.17) is 9.47 Å². The van der Waals surface area contributed by atoms with Gasteiger partial charge in [-0.3, -0.25) is 10.1 Å². The average Bonchev–Trinajstić information content (AvgIpc) is 2.55. The first-order valence-electron chi connectivity index (χ1n) is 6.58. The Kier molecular flexibility index (Phi) is 6.10. The number of nitrogens with zero attached hydrogens (tertiary/aromatic N) is 1. The number of ether oxygens (including phenoxy) is 2. The van der Waals surface area contributed by atoms with Crippen molar-refractivity contribution in [1.82, 2.24) is 0 Å². The predicted octanol–water partition coefficient (Wildman–Crippen LogP) is 4.69. The van der Waals surface area contributed by atoms with E-state index in [1.165, 1.54) is 19.3 Å². The van der Waals surface area contributed by atoms with Crippen LogP contribution in [0.2, 0.25) is 0 Å². The zero-order valence-electron chi connectivity index (χ0n) is 12.4. The maximum Gasteiger partial charge on any atom is 0.344 e. The lowest BCUT2D eigenvalue weighted by molar-refractivity contribution is -0.400. The first-order valence-corrected chi connectivity index (χ1v) is 8.17. The summed E-state index contributed by atoms with van der Waals surface area (Å²) in [5.41, 5.74) is 0.889. The van der Waals surface area contributed by atoms with Crippen LogP contribution in [0.15, 0.2) is 51.5 Å². The molecule has 0 atom stereocenters. The van der Waals surface area contributed by atoms with Gasteiger partial charge in [0.1, 0.15) is 0 Å². The molecule has 8 heteroatoms. The van der Waals surface area contributed by atoms with Crippen LogP contribution in [0.5, 0.6) is 11.5 Å². The molecule has 0 aliphatic carbocycles. The second-order valence-corrected chi connectivity index (χ2v) is 6.21. The van der Waals surface area contributed by atoms with E-state index < -0.39 is 10.9 Å². The van der Waals surface area contributed by atoms with E-state index in [1.54, 1.807) is 30.3 Å². The van der Waals surface area contributed by atoms with Crippen molar-refractivity contribution < 1.29 is 19.2 Å². The fraction of sp³-hybridized carbons (Fsp3) is 0.0625. The summed E-state index contributed by atoms with van der Waals surface area (Å²) in [5.74, 6) is -0.0978. The smallest absolute Gasteiger partial charge is 0.344 e. The van der Waals surface area contributed by atoms with Crippen LogP contribution in [-0.4, -0.2) is 18.0 Å². The van der Waals surface area contributed by atoms with Crippen LogP contribution in [0.1, 0.15) is 15.9 Å². The van der Waals surface area contributed by atoms with Crippen molar-refractivity contribution in [1.29, 1.82) is 0 Å². The summed E-state index contributed by atoms with van der Waals surface area (Å²) in [6.07, 6.45) is 2.13. The molecule has 0 fully saturated rings. The molecule has 2 aromatic carbocycles. The standard InChI is InChI=1S/C16H11Br2NO5/c1-23-14-9-10(6-7-19(21)22)8-13(18)15(14)24-16(20)11-4-2-3-5-12(11)17/h2-9H,1H3/b7-6+. The summed E-state index contributed by atoms with van der Waals surface area (Å²) in [7, 11) is 1.42. The summed E-state index contributed by atoms with van der Waals surface area (Å²) in [5, 5.41) is 10.4. The van der Waals surface area contributed by atoms with Crippen LogP contribution in [0, 0.1) is 10.1 Å². The van der Waals surface area contributed by atoms with Gasteiger partial charge in [0.2, 0.25) is 6.20 Å². The van der Waals surface area contributed by atoms with Gasteiger partial charge in [0.15, 0.2) is 11.5 Å². The second-order valence-electron chi connectivity index (χ2n) is 4.50. The van der Waals surface area contributed by atoms with Gasteiger partial charge in [0, 0.05) is 10.5 Å². The Hall–Kier alpha value is -2.19. The van der Waals surface area contributed by atoms with Crippen LogP contribution in [0.4, 0.5) is 0 Å². The van der Waals surface area contributed by atoms with Crippen molar-refractivity contribution in [3.8, 4) is 11.5 Å². The van der Waals surface area contributed by atoms with Gasteiger partial charge in [-0.15, -0.1) is 0 Å². The number of halogens is 2. The maximum atomic E-state index is 12.3. The number of benzene rings is 2. The normalized spacial score (nSPS) is 10.6. The van der Waals surface area contributed by atoms with Crippen LogP contribution in [-0.2, 0) is 0 Å². The number of methoxy groups -OCH3 is 1. The molecule has 0 saturated carbocycles. The number of carbonyl (C=O) groups is 1. The molecule has 0 radical (unpaired) electrons. The third-order valence-electron chi connectivity index (χ3n) is 2.93. The molecule has 0 aliphatic rings. The topological polar surface area (TPSA) is 78.7 Å². The fourth-order valence-electron chi connectivity index (χ4n) is 1.86. The Morgan fingerprint density at radius 2 is 1.92 bits per heavy atom. The highest BCUT2D eigenvalue weighted by molar-refractivity contribution is 9.10. The van der Waals surface area contributed by atoms with E-state index in [1.807, 2.05) is 0 Å². The summed E-state index contributed by atoms with van der Waals surface area (Å²) in [6, 6.07) is 9.99. The van der Waals surface area contributed by atoms with Gasteiger partial charge in [-0.25, -0.2) is 4.79 Å². The second kappa shape index (κ2) is 8.07. The van der Waals surface area contributed by atoms with Gasteiger partial charge >= 0.3 is 5.97 Å². The molecule has 0 spiro atoms. The Morgan fingerprint density at radius 3 is 2.54 bits per heavy atom. The number of esters is 1. The SMILES string of the molecule is COc1cc(/C=C/[N+](=O)[O-])cc(Br)c1OC(=O)c1ccccc1Br. The van der Waals surface area contributed by atoms with Gasteiger partial charge < -0.3 is 9.47 Å². The number of rotatable bonds is 5. The number of hydrogen-bond acceptors (Lipinski definition) is 5. The van der Waals surface area contributed by atoms with E-state index >= 15 is 0 Å². The zero-order valence-corrected chi connectivity index (χ0v) is 15.5. The van der Waals surface area contributed by atoms with Crippen LogP contribution < -0.4 is 9.47 Å². The Balaban J connectivity index is 2.35. The molecule has 0 heterocycles. The number of hydrogen-bond donors (Lipinski definition) is 0. The third kappa shape index (κ3) is 4.42. The van der Waals surface area contributed by atoms with Crippen molar-refractivity contribution in [3.63, 3.8) is 0 Å². The van der Waals surface area contributed by atoms with E-state index in [-0.39, 0.29) is 11.5 Å². The highest BCUT2D eigenvalue weighted by atomic mass is 79.9. The highest BCUT2D eigenvalue weighted by Crippen LogP contribution is 2.37. The minimum Gasteiger partial charge on any atom is -0.493 e. The molecule has 2 rings (SSSR count). The molecule has 124 valence electrons. The van der Waals surface area contributed by atoms with E-state index in [9.17, 15) is 14.9 Å². The molecule has 0 amide bonds. The Bertz CT molecular complexity index is 820. The number of nitro groups is 1. The molecule has 0 aliphatic heterocycles. The summed E-state index contributed by atoms with van der Waals surface area (Å²) >= 11 is 6.59. The van der Waals surface area contributed by atoms with Crippen LogP contribution >= 0.6 is 31.9 Å². The largest absolute Gasteiger partial charge is 0.493 e. The average molecular weight is 457 g/mol. The first kappa shape index (κ1) is 18.2. The maximum absolute atomic E-state index is 12.3. The van der Waals surface area contributed by atoms with Crippen molar-refractivity contribution in [3.05, 3.63) is 72.8 Å². The van der Waals surface area contributed by atoms with Crippen LogP contribution in [0.25, 0.3) is 6.08 Å². The van der Waals surface area contributed by atoms with Gasteiger partial charge in [0.05, 0.1) is 22.1 Å². The van der Waals surface area contributed by atoms with Crippen molar-refractivity contribution >= 4 is 43.9 Å².